The molecule has 0 aliphatic heterocycles. The van der Waals surface area contributed by atoms with E-state index in [1.165, 1.54) is 18.2 Å². The highest BCUT2D eigenvalue weighted by Crippen LogP contribution is 2.28. The zero-order valence-corrected chi connectivity index (χ0v) is 18.8. The van der Waals surface area contributed by atoms with Crippen molar-refractivity contribution in [2.45, 2.75) is 38.3 Å². The van der Waals surface area contributed by atoms with Crippen LogP contribution < -0.4 is 15.5 Å². The molecule has 6 heteroatoms. The molecular formula is C26H35N5O. The highest BCUT2D eigenvalue weighted by molar-refractivity contribution is 5.90. The molecule has 0 bridgehead atoms. The second kappa shape index (κ2) is 9.17. The van der Waals surface area contributed by atoms with Gasteiger partial charge >= 0.3 is 0 Å². The Labute approximate surface area is 192 Å². The molecule has 2 N–H and O–H groups in total. The molecule has 1 aliphatic rings. The lowest BCUT2D eigenvalue weighted by Crippen LogP contribution is -2.31. The van der Waals surface area contributed by atoms with Crippen molar-refractivity contribution in [3.05, 3.63) is 60.4 Å². The molecule has 170 valence electrons. The number of nitrogens with zero attached hydrogens (tertiary/aromatic N) is 3. The van der Waals surface area contributed by atoms with Crippen LogP contribution >= 0.6 is 0 Å². The summed E-state index contributed by atoms with van der Waals surface area (Å²) in [6.45, 7) is 1.81. The molecule has 1 aliphatic carbocycles. The monoisotopic (exact) mass is 433 g/mol. The third-order valence-corrected chi connectivity index (χ3v) is 6.40. The predicted molar refractivity (Wildman–Crippen MR) is 135 cm³/mol. The molecule has 1 fully saturated rings. The number of anilines is 2. The normalized spacial score (nSPS) is 18.8. The summed E-state index contributed by atoms with van der Waals surface area (Å²) in [5, 5.41) is 9.45. The Morgan fingerprint density at radius 3 is 2.59 bits per heavy atom. The molecule has 0 radical (unpaired) electrons. The van der Waals surface area contributed by atoms with Crippen molar-refractivity contribution in [1.82, 2.24) is 15.3 Å². The van der Waals surface area contributed by atoms with Crippen LogP contribution in [0.1, 0.15) is 34.3 Å². The van der Waals surface area contributed by atoms with Crippen molar-refractivity contribution < 1.29 is 7.27 Å². The predicted octanol–water partition coefficient (Wildman–Crippen LogP) is 5.69. The third kappa shape index (κ3) is 4.55. The highest BCUT2D eigenvalue weighted by Gasteiger charge is 2.22. The third-order valence-electron chi connectivity index (χ3n) is 6.40. The molecular weight excluding hydrogens is 398 g/mol. The second-order valence-corrected chi connectivity index (χ2v) is 9.03. The molecule has 2 aromatic carbocycles. The Kier molecular flexibility index (Phi) is 5.95. The number of benzene rings is 2. The number of fused-ring (bicyclic) bond motifs is 2. The van der Waals surface area contributed by atoms with Gasteiger partial charge in [0, 0.05) is 33.8 Å². The summed E-state index contributed by atoms with van der Waals surface area (Å²) >= 11 is 0. The summed E-state index contributed by atoms with van der Waals surface area (Å²) < 4.78 is 5.91. The Morgan fingerprint density at radius 1 is 1.00 bits per heavy atom. The summed E-state index contributed by atoms with van der Waals surface area (Å²) in [7, 11) is 4.06. The van der Waals surface area contributed by atoms with Crippen LogP contribution in [0, 0.1) is 5.92 Å². The van der Waals surface area contributed by atoms with Gasteiger partial charge in [-0.25, -0.2) is 4.98 Å². The molecule has 0 unspecified atom stereocenters. The van der Waals surface area contributed by atoms with Crippen LogP contribution in [-0.2, 0) is 6.54 Å². The van der Waals surface area contributed by atoms with Gasteiger partial charge in [0.1, 0.15) is 17.2 Å². The Morgan fingerprint density at radius 2 is 1.78 bits per heavy atom. The van der Waals surface area contributed by atoms with E-state index in [0.717, 1.165) is 59.9 Å². The minimum Gasteiger partial charge on any atom is -0.460 e. The average molecular weight is 434 g/mol. The van der Waals surface area contributed by atoms with Gasteiger partial charge in [0.2, 0.25) is 5.95 Å². The van der Waals surface area contributed by atoms with Crippen LogP contribution in [0.25, 0.3) is 21.9 Å². The van der Waals surface area contributed by atoms with Crippen LogP contribution in [0.2, 0.25) is 0 Å². The molecule has 0 spiro atoms. The summed E-state index contributed by atoms with van der Waals surface area (Å²) in [6.07, 6.45) is 4.70. The minimum absolute atomic E-state index is 0. The Bertz CT molecular complexity index is 1170. The lowest BCUT2D eigenvalue weighted by atomic mass is 9.86. The Hall–Kier alpha value is -3.12. The number of furan rings is 1. The first kappa shape index (κ1) is 20.8. The molecule has 32 heavy (non-hydrogen) atoms. The van der Waals surface area contributed by atoms with Crippen LogP contribution in [0.15, 0.2) is 59.0 Å². The molecule has 0 saturated heterocycles. The number of hydrogen-bond donors (Lipinski definition) is 2. The van der Waals surface area contributed by atoms with Crippen molar-refractivity contribution in [2.24, 2.45) is 5.92 Å². The van der Waals surface area contributed by atoms with Crippen LogP contribution in [0.3, 0.4) is 0 Å². The standard InChI is InChI=1S/C26H31N5O.2H2/c1-31(2)25-22-8-4-5-9-23(22)29-26(30-25)28-20-13-11-18(12-14-20)16-27-17-21-15-19-7-3-6-10-24(19)32-21;;/h3-10,15,18,20,27H,11-14,16-17H2,1-2H3,(H,28,29,30);2*1H. The summed E-state index contributed by atoms with van der Waals surface area (Å²) in [6, 6.07) is 18.9. The highest BCUT2D eigenvalue weighted by atomic mass is 16.3. The fourth-order valence-electron chi connectivity index (χ4n) is 4.68. The summed E-state index contributed by atoms with van der Waals surface area (Å²) in [5.74, 6) is 3.40. The molecule has 4 aromatic rings. The number of hydrogen-bond acceptors (Lipinski definition) is 6. The summed E-state index contributed by atoms with van der Waals surface area (Å²) in [5.41, 5.74) is 1.95. The van der Waals surface area contributed by atoms with Gasteiger partial charge in [0.05, 0.1) is 12.1 Å². The quantitative estimate of drug-likeness (QED) is 0.390. The molecule has 2 aromatic heterocycles. The van der Waals surface area contributed by atoms with E-state index < -0.39 is 0 Å². The zero-order valence-electron chi connectivity index (χ0n) is 18.8. The fourth-order valence-corrected chi connectivity index (χ4v) is 4.68. The van der Waals surface area contributed by atoms with Gasteiger partial charge in [0.25, 0.3) is 0 Å². The maximum absolute atomic E-state index is 5.91. The van der Waals surface area contributed by atoms with Gasteiger partial charge in [-0.05, 0) is 62.4 Å². The molecule has 1 saturated carbocycles. The van der Waals surface area contributed by atoms with E-state index in [-0.39, 0.29) is 2.85 Å². The van der Waals surface area contributed by atoms with Crippen molar-refractivity contribution in [3.63, 3.8) is 0 Å². The second-order valence-electron chi connectivity index (χ2n) is 9.03. The van der Waals surface area contributed by atoms with Gasteiger partial charge in [-0.15, -0.1) is 0 Å². The molecule has 0 amide bonds. The first-order valence-corrected chi connectivity index (χ1v) is 11.5. The lowest BCUT2D eigenvalue weighted by Gasteiger charge is -2.29. The number of rotatable bonds is 7. The van der Waals surface area contributed by atoms with Crippen LogP contribution in [-0.4, -0.2) is 36.6 Å². The van der Waals surface area contributed by atoms with E-state index in [1.54, 1.807) is 0 Å². The molecule has 5 rings (SSSR count). The van der Waals surface area contributed by atoms with Crippen molar-refractivity contribution in [3.8, 4) is 0 Å². The van der Waals surface area contributed by atoms with Crippen LogP contribution in [0.4, 0.5) is 11.8 Å². The molecule has 2 heterocycles. The minimum atomic E-state index is 0. The zero-order chi connectivity index (χ0) is 21.9. The first-order chi connectivity index (χ1) is 15.7. The largest absolute Gasteiger partial charge is 0.460 e. The summed E-state index contributed by atoms with van der Waals surface area (Å²) in [4.78, 5) is 11.6. The van der Waals surface area contributed by atoms with Crippen LogP contribution in [0.5, 0.6) is 0 Å². The maximum atomic E-state index is 5.91. The lowest BCUT2D eigenvalue weighted by molar-refractivity contribution is 0.320. The smallest absolute Gasteiger partial charge is 0.225 e. The van der Waals surface area contributed by atoms with Gasteiger partial charge in [-0.2, -0.15) is 4.98 Å². The van der Waals surface area contributed by atoms with E-state index >= 15 is 0 Å². The van der Waals surface area contributed by atoms with Crippen molar-refractivity contribution in [1.29, 1.82) is 0 Å². The van der Waals surface area contributed by atoms with E-state index in [2.05, 4.69) is 39.8 Å². The number of para-hydroxylation sites is 2. The topological polar surface area (TPSA) is 66.2 Å². The van der Waals surface area contributed by atoms with Gasteiger partial charge in [-0.1, -0.05) is 30.3 Å². The molecule has 6 nitrogen and oxygen atoms in total. The molecule has 0 atom stereocenters. The van der Waals surface area contributed by atoms with E-state index in [4.69, 9.17) is 14.4 Å². The SMILES string of the molecule is CN(C)c1nc(NC2CCC(CNCc3cc4ccccc4o3)CC2)nc2ccccc12.[HH].[HH]. The van der Waals surface area contributed by atoms with E-state index in [1.807, 2.05) is 44.4 Å². The van der Waals surface area contributed by atoms with E-state index in [9.17, 15) is 0 Å². The maximum Gasteiger partial charge on any atom is 0.225 e. The number of aromatic nitrogens is 2. The van der Waals surface area contributed by atoms with Crippen molar-refractivity contribution in [2.75, 3.05) is 30.9 Å². The van der Waals surface area contributed by atoms with Gasteiger partial charge in [-0.3, -0.25) is 0 Å². The van der Waals surface area contributed by atoms with Gasteiger partial charge < -0.3 is 20.0 Å². The van der Waals surface area contributed by atoms with Crippen molar-refractivity contribution >= 4 is 33.6 Å². The number of nitrogens with one attached hydrogen (secondary N) is 2. The average Bonchev–Trinajstić information content (AvgIpc) is 3.22. The van der Waals surface area contributed by atoms with Gasteiger partial charge in [0.15, 0.2) is 0 Å². The first-order valence-electron chi connectivity index (χ1n) is 11.5. The fraction of sp³-hybridized carbons (Fsp3) is 0.385. The van der Waals surface area contributed by atoms with E-state index in [0.29, 0.717) is 12.0 Å². The Balaban J connectivity index is 0.00000162.